The Bertz CT molecular complexity index is 622. The van der Waals surface area contributed by atoms with E-state index in [0.717, 1.165) is 6.42 Å². The minimum Gasteiger partial charge on any atom is -0.348 e. The molecule has 0 aliphatic rings. The predicted octanol–water partition coefficient (Wildman–Crippen LogP) is 1.17. The third-order valence-corrected chi connectivity index (χ3v) is 5.50. The molecule has 2 aromatic rings. The standard InChI is InChI=1S/C13H18N4O2S2/c1-10(12(18)16(2)3)21(19)13-15-14-9-17(13)7-6-11-5-4-8-20-11/h4-5,8-10H,6-7H2,1-3H3/t10-,21+/m1/s1. The summed E-state index contributed by atoms with van der Waals surface area (Å²) in [5.74, 6) is -0.179. The van der Waals surface area contributed by atoms with Gasteiger partial charge in [0.15, 0.2) is 0 Å². The van der Waals surface area contributed by atoms with Gasteiger partial charge in [0.05, 0.1) is 0 Å². The van der Waals surface area contributed by atoms with Gasteiger partial charge in [-0.15, -0.1) is 21.5 Å². The molecule has 0 spiro atoms. The number of aromatic nitrogens is 3. The van der Waals surface area contributed by atoms with E-state index in [0.29, 0.717) is 11.7 Å². The molecule has 0 radical (unpaired) electrons. The minimum atomic E-state index is -1.51. The Morgan fingerprint density at radius 1 is 1.52 bits per heavy atom. The van der Waals surface area contributed by atoms with Gasteiger partial charge >= 0.3 is 0 Å². The van der Waals surface area contributed by atoms with Gasteiger partial charge in [0, 0.05) is 25.5 Å². The lowest BCUT2D eigenvalue weighted by molar-refractivity contribution is -0.127. The molecule has 0 fully saturated rings. The van der Waals surface area contributed by atoms with Crippen LogP contribution in [0.5, 0.6) is 0 Å². The molecule has 0 N–H and O–H groups in total. The maximum atomic E-state index is 12.5. The van der Waals surface area contributed by atoms with Crippen molar-refractivity contribution in [2.75, 3.05) is 14.1 Å². The smallest absolute Gasteiger partial charge is 0.238 e. The first kappa shape index (κ1) is 15.8. The zero-order chi connectivity index (χ0) is 15.4. The monoisotopic (exact) mass is 326 g/mol. The molecule has 2 atom stereocenters. The molecule has 0 bridgehead atoms. The highest BCUT2D eigenvalue weighted by atomic mass is 32.2. The molecule has 2 heterocycles. The first-order valence-electron chi connectivity index (χ1n) is 6.52. The molecule has 21 heavy (non-hydrogen) atoms. The van der Waals surface area contributed by atoms with Crippen LogP contribution in [0.15, 0.2) is 29.0 Å². The molecule has 2 rings (SSSR count). The van der Waals surface area contributed by atoms with Crippen LogP contribution in [-0.4, -0.2) is 49.1 Å². The lowest BCUT2D eigenvalue weighted by Gasteiger charge is -2.16. The molecule has 0 aliphatic carbocycles. The summed E-state index contributed by atoms with van der Waals surface area (Å²) in [6, 6.07) is 4.06. The SMILES string of the molecule is C[C@H](C(=O)N(C)C)[S@](=O)c1nncn1CCc1cccs1. The van der Waals surface area contributed by atoms with Gasteiger partial charge in [0.2, 0.25) is 11.1 Å². The fourth-order valence-corrected chi connectivity index (χ4v) is 3.76. The molecule has 0 aromatic carbocycles. The van der Waals surface area contributed by atoms with E-state index in [1.165, 1.54) is 9.78 Å². The zero-order valence-corrected chi connectivity index (χ0v) is 13.9. The quantitative estimate of drug-likeness (QED) is 0.799. The van der Waals surface area contributed by atoms with E-state index in [-0.39, 0.29) is 5.91 Å². The highest BCUT2D eigenvalue weighted by molar-refractivity contribution is 7.86. The summed E-state index contributed by atoms with van der Waals surface area (Å²) >= 11 is 1.68. The van der Waals surface area contributed by atoms with Crippen molar-refractivity contribution in [2.24, 2.45) is 0 Å². The van der Waals surface area contributed by atoms with E-state index in [4.69, 9.17) is 0 Å². The number of thiophene rings is 1. The Labute approximate surface area is 130 Å². The first-order chi connectivity index (χ1) is 10.0. The van der Waals surface area contributed by atoms with Gasteiger partial charge in [0.25, 0.3) is 0 Å². The molecule has 8 heteroatoms. The second-order valence-electron chi connectivity index (χ2n) is 4.81. The van der Waals surface area contributed by atoms with Gasteiger partial charge < -0.3 is 9.47 Å². The van der Waals surface area contributed by atoms with Gasteiger partial charge in [-0.1, -0.05) is 6.07 Å². The van der Waals surface area contributed by atoms with Crippen LogP contribution in [0.2, 0.25) is 0 Å². The Morgan fingerprint density at radius 3 is 2.90 bits per heavy atom. The van der Waals surface area contributed by atoms with Crippen molar-refractivity contribution in [2.45, 2.75) is 30.3 Å². The highest BCUT2D eigenvalue weighted by Crippen LogP contribution is 2.13. The molecule has 0 saturated heterocycles. The van der Waals surface area contributed by atoms with E-state index in [9.17, 15) is 9.00 Å². The molecular formula is C13H18N4O2S2. The number of carbonyl (C=O) groups excluding carboxylic acids is 1. The second kappa shape index (κ2) is 6.95. The number of rotatable bonds is 6. The van der Waals surface area contributed by atoms with Crippen LogP contribution in [0.4, 0.5) is 0 Å². The second-order valence-corrected chi connectivity index (χ2v) is 7.51. The van der Waals surface area contributed by atoms with Crippen molar-refractivity contribution in [3.63, 3.8) is 0 Å². The molecular weight excluding hydrogens is 308 g/mol. The van der Waals surface area contributed by atoms with Gasteiger partial charge in [-0.05, 0) is 24.8 Å². The van der Waals surface area contributed by atoms with E-state index in [1.807, 2.05) is 11.4 Å². The van der Waals surface area contributed by atoms with Crippen molar-refractivity contribution in [3.05, 3.63) is 28.7 Å². The molecule has 114 valence electrons. The summed E-state index contributed by atoms with van der Waals surface area (Å²) in [5, 5.41) is 9.50. The largest absolute Gasteiger partial charge is 0.348 e. The average Bonchev–Trinajstić information content (AvgIpc) is 3.13. The molecule has 2 aromatic heterocycles. The summed E-state index contributed by atoms with van der Waals surface area (Å²) in [7, 11) is 1.79. The maximum absolute atomic E-state index is 12.5. The summed E-state index contributed by atoms with van der Waals surface area (Å²) in [4.78, 5) is 14.6. The Balaban J connectivity index is 2.08. The molecule has 1 amide bonds. The number of amides is 1. The lowest BCUT2D eigenvalue weighted by atomic mass is 10.3. The van der Waals surface area contributed by atoms with E-state index in [2.05, 4.69) is 16.3 Å². The molecule has 6 nitrogen and oxygen atoms in total. The van der Waals surface area contributed by atoms with E-state index < -0.39 is 16.0 Å². The molecule has 0 unspecified atom stereocenters. The van der Waals surface area contributed by atoms with Crippen LogP contribution in [0, 0.1) is 0 Å². The topological polar surface area (TPSA) is 68.1 Å². The van der Waals surface area contributed by atoms with Gasteiger partial charge in [0.1, 0.15) is 22.4 Å². The van der Waals surface area contributed by atoms with E-state index >= 15 is 0 Å². The van der Waals surface area contributed by atoms with E-state index in [1.54, 1.807) is 43.3 Å². The normalized spacial score (nSPS) is 13.9. The Morgan fingerprint density at radius 2 is 2.29 bits per heavy atom. The average molecular weight is 326 g/mol. The summed E-state index contributed by atoms with van der Waals surface area (Å²) in [6.07, 6.45) is 2.39. The number of hydrogen-bond donors (Lipinski definition) is 0. The number of hydrogen-bond acceptors (Lipinski definition) is 5. The van der Waals surface area contributed by atoms with Crippen LogP contribution in [0.1, 0.15) is 11.8 Å². The van der Waals surface area contributed by atoms with Crippen LogP contribution in [-0.2, 0) is 28.6 Å². The fraction of sp³-hybridized carbons (Fsp3) is 0.462. The summed E-state index contributed by atoms with van der Waals surface area (Å²) < 4.78 is 14.2. The number of carbonyl (C=O) groups is 1. The number of aryl methyl sites for hydroxylation is 2. The van der Waals surface area contributed by atoms with Crippen LogP contribution >= 0.6 is 11.3 Å². The van der Waals surface area contributed by atoms with Crippen LogP contribution < -0.4 is 0 Å². The van der Waals surface area contributed by atoms with Gasteiger partial charge in [-0.2, -0.15) is 0 Å². The predicted molar refractivity (Wildman–Crippen MR) is 82.6 cm³/mol. The maximum Gasteiger partial charge on any atom is 0.238 e. The third-order valence-electron chi connectivity index (χ3n) is 3.05. The first-order valence-corrected chi connectivity index (χ1v) is 8.62. The summed E-state index contributed by atoms with van der Waals surface area (Å²) in [6.45, 7) is 2.30. The van der Waals surface area contributed by atoms with Crippen LogP contribution in [0.25, 0.3) is 0 Å². The van der Waals surface area contributed by atoms with Gasteiger partial charge in [-0.3, -0.25) is 9.00 Å². The third kappa shape index (κ3) is 3.76. The zero-order valence-electron chi connectivity index (χ0n) is 12.2. The van der Waals surface area contributed by atoms with Gasteiger partial charge in [-0.25, -0.2) is 0 Å². The Hall–Kier alpha value is -1.54. The molecule has 0 saturated carbocycles. The van der Waals surface area contributed by atoms with Crippen molar-refractivity contribution in [3.8, 4) is 0 Å². The highest BCUT2D eigenvalue weighted by Gasteiger charge is 2.26. The van der Waals surface area contributed by atoms with Crippen molar-refractivity contribution in [1.29, 1.82) is 0 Å². The Kier molecular flexibility index (Phi) is 5.24. The lowest BCUT2D eigenvalue weighted by Crippen LogP contribution is -2.35. The summed E-state index contributed by atoms with van der Waals surface area (Å²) in [5.41, 5.74) is 0. The minimum absolute atomic E-state index is 0.179. The van der Waals surface area contributed by atoms with Crippen LogP contribution in [0.3, 0.4) is 0 Å². The molecule has 0 aliphatic heterocycles. The van der Waals surface area contributed by atoms with Crippen molar-refractivity contribution >= 4 is 28.0 Å². The fourth-order valence-electron chi connectivity index (χ4n) is 1.85. The van der Waals surface area contributed by atoms with Crippen molar-refractivity contribution in [1.82, 2.24) is 19.7 Å². The van der Waals surface area contributed by atoms with Crippen molar-refractivity contribution < 1.29 is 9.00 Å². The number of nitrogens with zero attached hydrogens (tertiary/aromatic N) is 4.